The van der Waals surface area contributed by atoms with Gasteiger partial charge < -0.3 is 20.1 Å². The molecule has 1 aliphatic heterocycles. The molecule has 3 aromatic rings. The van der Waals surface area contributed by atoms with E-state index in [2.05, 4.69) is 10.6 Å². The van der Waals surface area contributed by atoms with Crippen molar-refractivity contribution in [3.05, 3.63) is 83.4 Å². The lowest BCUT2D eigenvalue weighted by Crippen LogP contribution is -2.29. The summed E-state index contributed by atoms with van der Waals surface area (Å²) in [5.74, 6) is -2.09. The van der Waals surface area contributed by atoms with Gasteiger partial charge in [0.25, 0.3) is 17.7 Å². The number of fused-ring (bicyclic) bond motifs is 1. The van der Waals surface area contributed by atoms with E-state index in [4.69, 9.17) is 9.47 Å². The van der Waals surface area contributed by atoms with E-state index in [0.717, 1.165) is 4.90 Å². The van der Waals surface area contributed by atoms with Gasteiger partial charge in [0.15, 0.2) is 6.61 Å². The molecule has 0 saturated carbocycles. The molecule has 4 rings (SSSR count). The van der Waals surface area contributed by atoms with Gasteiger partial charge in [-0.2, -0.15) is 0 Å². The monoisotopic (exact) mass is 501 g/mol. The molecule has 0 fully saturated rings. The Morgan fingerprint density at radius 2 is 1.43 bits per heavy atom. The Labute approximate surface area is 212 Å². The lowest BCUT2D eigenvalue weighted by molar-refractivity contribution is -0.119. The zero-order valence-electron chi connectivity index (χ0n) is 20.1. The van der Waals surface area contributed by atoms with Crippen LogP contribution in [0, 0.1) is 0 Å². The molecule has 0 saturated heterocycles. The molecule has 0 aromatic heterocycles. The van der Waals surface area contributed by atoms with Crippen molar-refractivity contribution in [3.63, 3.8) is 0 Å². The minimum absolute atomic E-state index is 0.0247. The molecule has 1 heterocycles. The summed E-state index contributed by atoms with van der Waals surface area (Å²) in [7, 11) is 0. The molecule has 37 heavy (non-hydrogen) atoms. The Morgan fingerprint density at radius 1 is 0.811 bits per heavy atom. The first-order valence-electron chi connectivity index (χ1n) is 11.4. The van der Waals surface area contributed by atoms with Crippen LogP contribution in [0.1, 0.15) is 44.9 Å². The molecule has 1 aliphatic rings. The van der Waals surface area contributed by atoms with Gasteiger partial charge in [-0.15, -0.1) is 0 Å². The number of ether oxygens (including phenoxy) is 2. The fourth-order valence-electron chi connectivity index (χ4n) is 3.71. The molecule has 0 radical (unpaired) electrons. The Morgan fingerprint density at radius 3 is 2.08 bits per heavy atom. The first kappa shape index (κ1) is 25.1. The van der Waals surface area contributed by atoms with Gasteiger partial charge in [0.1, 0.15) is 5.75 Å². The number of imide groups is 1. The van der Waals surface area contributed by atoms with Crippen LogP contribution in [0.3, 0.4) is 0 Å². The number of anilines is 3. The van der Waals surface area contributed by atoms with Gasteiger partial charge >= 0.3 is 5.97 Å². The number of hydrogen-bond acceptors (Lipinski definition) is 7. The predicted molar refractivity (Wildman–Crippen MR) is 135 cm³/mol. The summed E-state index contributed by atoms with van der Waals surface area (Å²) in [6.07, 6.45) is 0. The molecule has 4 amide bonds. The first-order valence-corrected chi connectivity index (χ1v) is 11.4. The normalized spacial score (nSPS) is 12.1. The van der Waals surface area contributed by atoms with E-state index in [9.17, 15) is 24.0 Å². The van der Waals surface area contributed by atoms with Crippen LogP contribution in [0.15, 0.2) is 66.7 Å². The summed E-state index contributed by atoms with van der Waals surface area (Å²) >= 11 is 0. The molecular weight excluding hydrogens is 478 g/mol. The lowest BCUT2D eigenvalue weighted by Gasteiger charge is -2.14. The summed E-state index contributed by atoms with van der Waals surface area (Å²) in [6, 6.07) is 16.9. The highest BCUT2D eigenvalue weighted by Crippen LogP contribution is 2.30. The van der Waals surface area contributed by atoms with Crippen molar-refractivity contribution in [1.82, 2.24) is 0 Å². The van der Waals surface area contributed by atoms with E-state index in [1.165, 1.54) is 37.3 Å². The van der Waals surface area contributed by atoms with E-state index < -0.39 is 30.3 Å². The van der Waals surface area contributed by atoms with E-state index in [0.29, 0.717) is 29.4 Å². The Bertz CT molecular complexity index is 1380. The molecule has 0 atom stereocenters. The molecule has 188 valence electrons. The van der Waals surface area contributed by atoms with Crippen LogP contribution in [0.2, 0.25) is 0 Å². The molecule has 0 unspecified atom stereocenters. The van der Waals surface area contributed by atoms with Crippen molar-refractivity contribution in [3.8, 4) is 5.75 Å². The van der Waals surface area contributed by atoms with Crippen LogP contribution in [-0.2, 0) is 14.3 Å². The van der Waals surface area contributed by atoms with E-state index in [-0.39, 0.29) is 22.6 Å². The highest BCUT2D eigenvalue weighted by Gasteiger charge is 2.37. The number of nitrogens with zero attached hydrogens (tertiary/aromatic N) is 1. The Kier molecular flexibility index (Phi) is 7.28. The number of nitrogens with one attached hydrogen (secondary N) is 2. The molecule has 0 spiro atoms. The molecule has 10 nitrogen and oxygen atoms in total. The van der Waals surface area contributed by atoms with Crippen molar-refractivity contribution in [1.29, 1.82) is 0 Å². The van der Waals surface area contributed by atoms with E-state index in [1.54, 1.807) is 36.4 Å². The zero-order valence-corrected chi connectivity index (χ0v) is 20.1. The fourth-order valence-corrected chi connectivity index (χ4v) is 3.71. The molecule has 2 N–H and O–H groups in total. The highest BCUT2D eigenvalue weighted by molar-refractivity contribution is 6.34. The summed E-state index contributed by atoms with van der Waals surface area (Å²) < 4.78 is 10.4. The summed E-state index contributed by atoms with van der Waals surface area (Å²) in [6.45, 7) is 3.22. The second kappa shape index (κ2) is 10.7. The van der Waals surface area contributed by atoms with Crippen LogP contribution in [0.5, 0.6) is 5.75 Å². The number of carbonyl (C=O) groups is 5. The first-order chi connectivity index (χ1) is 17.8. The van der Waals surface area contributed by atoms with Crippen LogP contribution in [0.4, 0.5) is 17.1 Å². The Balaban J connectivity index is 1.39. The number of benzene rings is 3. The van der Waals surface area contributed by atoms with Crippen molar-refractivity contribution >= 4 is 46.7 Å². The molecule has 0 bridgehead atoms. The van der Waals surface area contributed by atoms with E-state index in [1.807, 2.05) is 6.92 Å². The van der Waals surface area contributed by atoms with Gasteiger partial charge in [-0.25, -0.2) is 9.69 Å². The van der Waals surface area contributed by atoms with E-state index >= 15 is 0 Å². The number of hydrogen-bond donors (Lipinski definition) is 2. The van der Waals surface area contributed by atoms with Gasteiger partial charge in [0.2, 0.25) is 5.91 Å². The SMILES string of the molecule is CCOc1ccc(NC(=O)COC(=O)c2ccc3c(c2)C(=O)N(c2ccc(NC(C)=O)cc2)C3=O)cc1. The number of amides is 4. The maximum atomic E-state index is 13.0. The highest BCUT2D eigenvalue weighted by atomic mass is 16.5. The lowest BCUT2D eigenvalue weighted by atomic mass is 10.1. The van der Waals surface area contributed by atoms with Gasteiger partial charge in [-0.1, -0.05) is 0 Å². The third kappa shape index (κ3) is 5.64. The minimum Gasteiger partial charge on any atom is -0.494 e. The second-order valence-electron chi connectivity index (χ2n) is 8.02. The maximum absolute atomic E-state index is 13.0. The van der Waals surface area contributed by atoms with Gasteiger partial charge in [-0.05, 0) is 73.7 Å². The van der Waals surface area contributed by atoms with Crippen molar-refractivity contribution in [2.45, 2.75) is 13.8 Å². The zero-order chi connectivity index (χ0) is 26.5. The third-order valence-corrected chi connectivity index (χ3v) is 5.35. The van der Waals surface area contributed by atoms with Crippen LogP contribution >= 0.6 is 0 Å². The Hall–Kier alpha value is -4.99. The summed E-state index contributed by atoms with van der Waals surface area (Å²) in [5, 5.41) is 5.22. The molecule has 10 heteroatoms. The fraction of sp³-hybridized carbons (Fsp3) is 0.148. The average Bonchev–Trinajstić information content (AvgIpc) is 3.13. The van der Waals surface area contributed by atoms with Crippen molar-refractivity contribution < 1.29 is 33.4 Å². The van der Waals surface area contributed by atoms with Crippen LogP contribution in [0.25, 0.3) is 0 Å². The molecule has 0 aliphatic carbocycles. The summed E-state index contributed by atoms with van der Waals surface area (Å²) in [5.41, 5.74) is 1.55. The molecular formula is C27H23N3O7. The smallest absolute Gasteiger partial charge is 0.338 e. The number of carbonyl (C=O) groups excluding carboxylic acids is 5. The largest absolute Gasteiger partial charge is 0.494 e. The number of esters is 1. The van der Waals surface area contributed by atoms with Gasteiger partial charge in [0, 0.05) is 18.3 Å². The van der Waals surface area contributed by atoms with Gasteiger partial charge in [0.05, 0.1) is 29.0 Å². The number of rotatable bonds is 8. The van der Waals surface area contributed by atoms with Crippen molar-refractivity contribution in [2.24, 2.45) is 0 Å². The minimum atomic E-state index is -0.817. The topological polar surface area (TPSA) is 131 Å². The van der Waals surface area contributed by atoms with Crippen LogP contribution in [-0.4, -0.2) is 42.8 Å². The summed E-state index contributed by atoms with van der Waals surface area (Å²) in [4.78, 5) is 62.7. The predicted octanol–water partition coefficient (Wildman–Crippen LogP) is 3.64. The third-order valence-electron chi connectivity index (χ3n) is 5.35. The maximum Gasteiger partial charge on any atom is 0.338 e. The van der Waals surface area contributed by atoms with Crippen molar-refractivity contribution in [2.75, 3.05) is 28.7 Å². The standard InChI is InChI=1S/C27H23N3O7/c1-3-36-21-11-7-19(8-12-21)29-24(32)15-37-27(35)17-4-13-22-23(14-17)26(34)30(25(22)33)20-9-5-18(6-10-20)28-16(2)31/h4-14H,3,15H2,1-2H3,(H,28,31)(H,29,32). The average molecular weight is 501 g/mol. The van der Waals surface area contributed by atoms with Crippen LogP contribution < -0.4 is 20.3 Å². The van der Waals surface area contributed by atoms with Gasteiger partial charge in [-0.3, -0.25) is 19.2 Å². The quantitative estimate of drug-likeness (QED) is 0.356. The second-order valence-corrected chi connectivity index (χ2v) is 8.02. The molecule has 3 aromatic carbocycles.